The monoisotopic (exact) mass is 211 g/mol. The molecule has 0 spiro atoms. The number of benzene rings is 1. The van der Waals surface area contributed by atoms with Gasteiger partial charge in [0.1, 0.15) is 0 Å². The third-order valence-corrected chi connectivity index (χ3v) is 2.92. The number of hydrogen-bond donors (Lipinski definition) is 2. The van der Waals surface area contributed by atoms with Gasteiger partial charge < -0.3 is 10.8 Å². The maximum absolute atomic E-state index is 9.69. The van der Waals surface area contributed by atoms with Crippen LogP contribution in [0.3, 0.4) is 0 Å². The molecule has 0 aromatic heterocycles. The fourth-order valence-corrected chi connectivity index (χ4v) is 1.89. The molecule has 0 radical (unpaired) electrons. The lowest BCUT2D eigenvalue weighted by atomic mass is 10.0. The van der Waals surface area contributed by atoms with Gasteiger partial charge >= 0.3 is 0 Å². The highest BCUT2D eigenvalue weighted by Crippen LogP contribution is 2.21. The summed E-state index contributed by atoms with van der Waals surface area (Å²) in [5, 5.41) is 9.69. The van der Waals surface area contributed by atoms with Gasteiger partial charge in [-0.05, 0) is 30.4 Å². The molecule has 3 heteroatoms. The van der Waals surface area contributed by atoms with Gasteiger partial charge in [-0.15, -0.1) is 11.8 Å². The SMILES string of the molecule is CCSc1ccc([C@@H](O)[C@H](C)N)cc1. The Bertz CT molecular complexity index is 271. The summed E-state index contributed by atoms with van der Waals surface area (Å²) >= 11 is 1.79. The minimum atomic E-state index is -0.560. The highest BCUT2D eigenvalue weighted by molar-refractivity contribution is 7.99. The van der Waals surface area contributed by atoms with Gasteiger partial charge in [0.25, 0.3) is 0 Å². The zero-order valence-electron chi connectivity index (χ0n) is 8.60. The molecule has 3 N–H and O–H groups in total. The molecule has 0 unspecified atom stereocenters. The van der Waals surface area contributed by atoms with Crippen LogP contribution in [0.2, 0.25) is 0 Å². The molecule has 14 heavy (non-hydrogen) atoms. The molecule has 0 heterocycles. The van der Waals surface area contributed by atoms with Crippen molar-refractivity contribution in [2.24, 2.45) is 5.73 Å². The van der Waals surface area contributed by atoms with Crippen molar-refractivity contribution in [3.05, 3.63) is 29.8 Å². The van der Waals surface area contributed by atoms with Gasteiger partial charge in [0.15, 0.2) is 0 Å². The standard InChI is InChI=1S/C11H17NOS/c1-3-14-10-6-4-9(5-7-10)11(13)8(2)12/h4-8,11,13H,3,12H2,1-2H3/t8-,11-/m0/s1. The van der Waals surface area contributed by atoms with Crippen molar-refractivity contribution in [3.63, 3.8) is 0 Å². The minimum Gasteiger partial charge on any atom is -0.387 e. The maximum atomic E-state index is 9.69. The van der Waals surface area contributed by atoms with E-state index in [1.807, 2.05) is 24.3 Å². The van der Waals surface area contributed by atoms with Gasteiger partial charge in [-0.25, -0.2) is 0 Å². The zero-order valence-corrected chi connectivity index (χ0v) is 9.42. The number of aliphatic hydroxyl groups is 1. The highest BCUT2D eigenvalue weighted by atomic mass is 32.2. The summed E-state index contributed by atoms with van der Waals surface area (Å²) < 4.78 is 0. The van der Waals surface area contributed by atoms with E-state index in [9.17, 15) is 5.11 Å². The first kappa shape index (κ1) is 11.6. The van der Waals surface area contributed by atoms with E-state index in [1.165, 1.54) is 4.90 Å². The van der Waals surface area contributed by atoms with E-state index in [0.717, 1.165) is 11.3 Å². The second-order valence-electron chi connectivity index (χ2n) is 3.31. The van der Waals surface area contributed by atoms with Crippen molar-refractivity contribution in [2.45, 2.75) is 30.9 Å². The first-order valence-corrected chi connectivity index (χ1v) is 5.80. The van der Waals surface area contributed by atoms with Crippen molar-refractivity contribution < 1.29 is 5.11 Å². The van der Waals surface area contributed by atoms with Crippen LogP contribution in [0.25, 0.3) is 0 Å². The Morgan fingerprint density at radius 2 is 1.93 bits per heavy atom. The number of rotatable bonds is 4. The molecule has 2 atom stereocenters. The van der Waals surface area contributed by atoms with Gasteiger partial charge in [-0.2, -0.15) is 0 Å². The molecule has 0 amide bonds. The molecule has 0 aliphatic heterocycles. The molecule has 0 saturated carbocycles. The summed E-state index contributed by atoms with van der Waals surface area (Å²) in [6, 6.07) is 7.70. The van der Waals surface area contributed by atoms with Crippen molar-refractivity contribution in [3.8, 4) is 0 Å². The van der Waals surface area contributed by atoms with Gasteiger partial charge in [0, 0.05) is 10.9 Å². The lowest BCUT2D eigenvalue weighted by Gasteiger charge is -2.14. The van der Waals surface area contributed by atoms with Crippen LogP contribution < -0.4 is 5.73 Å². The highest BCUT2D eigenvalue weighted by Gasteiger charge is 2.11. The van der Waals surface area contributed by atoms with E-state index in [-0.39, 0.29) is 6.04 Å². The van der Waals surface area contributed by atoms with E-state index < -0.39 is 6.10 Å². The second-order valence-corrected chi connectivity index (χ2v) is 4.64. The molecular weight excluding hydrogens is 194 g/mol. The van der Waals surface area contributed by atoms with Crippen molar-refractivity contribution in [1.29, 1.82) is 0 Å². The Balaban J connectivity index is 2.72. The number of hydrogen-bond acceptors (Lipinski definition) is 3. The van der Waals surface area contributed by atoms with Crippen molar-refractivity contribution >= 4 is 11.8 Å². The number of aliphatic hydroxyl groups excluding tert-OH is 1. The summed E-state index contributed by atoms with van der Waals surface area (Å²) in [4.78, 5) is 1.23. The smallest absolute Gasteiger partial charge is 0.0938 e. The lowest BCUT2D eigenvalue weighted by molar-refractivity contribution is 0.153. The summed E-state index contributed by atoms with van der Waals surface area (Å²) in [7, 11) is 0. The van der Waals surface area contributed by atoms with Crippen LogP contribution in [-0.4, -0.2) is 16.9 Å². The molecular formula is C11H17NOS. The largest absolute Gasteiger partial charge is 0.387 e. The molecule has 1 aromatic carbocycles. The van der Waals surface area contributed by atoms with Crippen LogP contribution in [0.1, 0.15) is 25.5 Å². The van der Waals surface area contributed by atoms with E-state index in [2.05, 4.69) is 6.92 Å². The van der Waals surface area contributed by atoms with E-state index >= 15 is 0 Å². The van der Waals surface area contributed by atoms with Gasteiger partial charge in [-0.3, -0.25) is 0 Å². The molecule has 0 saturated heterocycles. The van der Waals surface area contributed by atoms with Crippen LogP contribution in [0.4, 0.5) is 0 Å². The average Bonchev–Trinajstić information content (AvgIpc) is 2.18. The van der Waals surface area contributed by atoms with Gasteiger partial charge in [0.05, 0.1) is 6.10 Å². The Morgan fingerprint density at radius 1 is 1.36 bits per heavy atom. The molecule has 0 fully saturated rings. The van der Waals surface area contributed by atoms with Gasteiger partial charge in [-0.1, -0.05) is 19.1 Å². The molecule has 0 bridgehead atoms. The van der Waals surface area contributed by atoms with Crippen molar-refractivity contribution in [2.75, 3.05) is 5.75 Å². The first-order chi connectivity index (χ1) is 6.65. The Hall–Kier alpha value is -0.510. The summed E-state index contributed by atoms with van der Waals surface area (Å²) in [5.74, 6) is 1.06. The Labute approximate surface area is 89.5 Å². The van der Waals surface area contributed by atoms with Crippen LogP contribution in [0.5, 0.6) is 0 Å². The van der Waals surface area contributed by atoms with Gasteiger partial charge in [0.2, 0.25) is 0 Å². The molecule has 0 aliphatic rings. The molecule has 1 aromatic rings. The van der Waals surface area contributed by atoms with Crippen LogP contribution in [-0.2, 0) is 0 Å². The second kappa shape index (κ2) is 5.39. The third-order valence-electron chi connectivity index (χ3n) is 2.03. The van der Waals surface area contributed by atoms with Crippen LogP contribution >= 0.6 is 11.8 Å². The predicted molar refractivity (Wildman–Crippen MR) is 61.4 cm³/mol. The number of thioether (sulfide) groups is 1. The molecule has 78 valence electrons. The summed E-state index contributed by atoms with van der Waals surface area (Å²) in [6.45, 7) is 3.93. The normalized spacial score (nSPS) is 15.1. The maximum Gasteiger partial charge on any atom is 0.0938 e. The van der Waals surface area contributed by atoms with Crippen LogP contribution in [0, 0.1) is 0 Å². The molecule has 0 aliphatic carbocycles. The van der Waals surface area contributed by atoms with E-state index in [4.69, 9.17) is 5.73 Å². The molecule has 2 nitrogen and oxygen atoms in total. The zero-order chi connectivity index (χ0) is 10.6. The molecule has 1 rings (SSSR count). The Morgan fingerprint density at radius 3 is 2.36 bits per heavy atom. The quantitative estimate of drug-likeness (QED) is 0.750. The summed E-state index contributed by atoms with van der Waals surface area (Å²) in [5.41, 5.74) is 6.50. The third kappa shape index (κ3) is 3.01. The topological polar surface area (TPSA) is 46.2 Å². The van der Waals surface area contributed by atoms with Crippen LogP contribution in [0.15, 0.2) is 29.2 Å². The fourth-order valence-electron chi connectivity index (χ4n) is 1.23. The fraction of sp³-hybridized carbons (Fsp3) is 0.455. The minimum absolute atomic E-state index is 0.223. The average molecular weight is 211 g/mol. The summed E-state index contributed by atoms with van der Waals surface area (Å²) in [6.07, 6.45) is -0.560. The lowest BCUT2D eigenvalue weighted by Crippen LogP contribution is -2.24. The predicted octanol–water partition coefficient (Wildman–Crippen LogP) is 2.18. The van der Waals surface area contributed by atoms with E-state index in [0.29, 0.717) is 0 Å². The Kier molecular flexibility index (Phi) is 4.45. The first-order valence-electron chi connectivity index (χ1n) is 4.81. The van der Waals surface area contributed by atoms with Crippen molar-refractivity contribution in [1.82, 2.24) is 0 Å². The van der Waals surface area contributed by atoms with E-state index in [1.54, 1.807) is 18.7 Å². The number of nitrogens with two attached hydrogens (primary N) is 1.